The van der Waals surface area contributed by atoms with Gasteiger partial charge in [0.15, 0.2) is 0 Å². The van der Waals surface area contributed by atoms with E-state index in [2.05, 4.69) is 38.4 Å². The lowest BCUT2D eigenvalue weighted by molar-refractivity contribution is 0.138. The van der Waals surface area contributed by atoms with Crippen molar-refractivity contribution in [1.82, 2.24) is 29.3 Å². The van der Waals surface area contributed by atoms with E-state index in [9.17, 15) is 10.4 Å². The summed E-state index contributed by atoms with van der Waals surface area (Å²) in [6.07, 6.45) is 11.4. The van der Waals surface area contributed by atoms with E-state index in [1.54, 1.807) is 16.9 Å². The van der Waals surface area contributed by atoms with Crippen LogP contribution in [-0.2, 0) is 0 Å². The molecule has 5 heterocycles. The van der Waals surface area contributed by atoms with Crippen molar-refractivity contribution in [1.29, 1.82) is 5.26 Å². The first-order chi connectivity index (χ1) is 15.7. The number of rotatable bonds is 6. The van der Waals surface area contributed by atoms with Gasteiger partial charge in [0.05, 0.1) is 36.1 Å². The summed E-state index contributed by atoms with van der Waals surface area (Å²) in [5.74, 6) is 0. The zero-order valence-corrected chi connectivity index (χ0v) is 18.3. The highest BCUT2D eigenvalue weighted by molar-refractivity contribution is 7.99. The summed E-state index contributed by atoms with van der Waals surface area (Å²) in [5, 5.41) is 28.7. The lowest BCUT2D eigenvalue weighted by atomic mass is 10.1. The van der Waals surface area contributed by atoms with E-state index in [-0.39, 0.29) is 6.61 Å². The number of piperidine rings is 1. The van der Waals surface area contributed by atoms with Crippen LogP contribution in [0.4, 0.5) is 0 Å². The topological polar surface area (TPSA) is 95.3 Å². The maximum absolute atomic E-state index is 9.55. The second kappa shape index (κ2) is 9.12. The molecule has 1 aliphatic rings. The van der Waals surface area contributed by atoms with Gasteiger partial charge in [0.2, 0.25) is 0 Å². The van der Waals surface area contributed by atoms with Crippen molar-refractivity contribution in [2.45, 2.75) is 28.8 Å². The number of aliphatic hydroxyl groups excluding tert-OH is 1. The number of aliphatic hydroxyl groups is 1. The molecule has 0 bridgehead atoms. The highest BCUT2D eigenvalue weighted by Gasteiger charge is 2.22. The van der Waals surface area contributed by atoms with Gasteiger partial charge in [0, 0.05) is 47.7 Å². The lowest BCUT2D eigenvalue weighted by Crippen LogP contribution is -2.38. The van der Waals surface area contributed by atoms with Gasteiger partial charge in [-0.1, -0.05) is 17.8 Å². The Morgan fingerprint density at radius 1 is 1.19 bits per heavy atom. The number of fused-ring (bicyclic) bond motifs is 1. The van der Waals surface area contributed by atoms with Crippen LogP contribution in [0.15, 0.2) is 65.2 Å². The molecule has 8 nitrogen and oxygen atoms in total. The minimum atomic E-state index is 0.183. The van der Waals surface area contributed by atoms with Crippen molar-refractivity contribution < 1.29 is 5.11 Å². The fraction of sp³-hybridized carbons (Fsp3) is 0.304. The normalized spacial score (nSPS) is 16.9. The highest BCUT2D eigenvalue weighted by Crippen LogP contribution is 2.35. The van der Waals surface area contributed by atoms with Gasteiger partial charge in [0.25, 0.3) is 0 Å². The smallest absolute Gasteiger partial charge is 0.103 e. The number of aromatic nitrogens is 5. The first kappa shape index (κ1) is 20.7. The molecule has 9 heteroatoms. The summed E-state index contributed by atoms with van der Waals surface area (Å²) in [6.45, 7) is 2.81. The Labute approximate surface area is 190 Å². The quantitative estimate of drug-likeness (QED) is 0.487. The number of nitriles is 1. The molecule has 1 saturated heterocycles. The average Bonchev–Trinajstić information content (AvgIpc) is 3.48. The van der Waals surface area contributed by atoms with Gasteiger partial charge in [-0.05, 0) is 37.6 Å². The molecule has 1 atom stereocenters. The molecule has 0 amide bonds. The molecule has 1 fully saturated rings. The Morgan fingerprint density at radius 3 is 2.94 bits per heavy atom. The van der Waals surface area contributed by atoms with Crippen LogP contribution >= 0.6 is 11.8 Å². The largest absolute Gasteiger partial charge is 0.395 e. The summed E-state index contributed by atoms with van der Waals surface area (Å²) < 4.78 is 3.80. The van der Waals surface area contributed by atoms with Gasteiger partial charge in [-0.3, -0.25) is 9.58 Å². The minimum absolute atomic E-state index is 0.183. The Morgan fingerprint density at radius 2 is 2.12 bits per heavy atom. The molecule has 0 saturated carbocycles. The van der Waals surface area contributed by atoms with Crippen LogP contribution in [0.25, 0.3) is 16.6 Å². The standard InChI is InChI=1S/C23H23N7OS/c24-11-18-12-27-30-14-17(10-21(23(18)30)32-22-5-1-2-6-25-22)19-13-26-29(15-19)20-4-3-7-28(16-20)8-9-31/h1-2,5-6,10,12-15,20,31H,3-4,7-9,16H2. The number of hydrogen-bond donors (Lipinski definition) is 1. The molecule has 32 heavy (non-hydrogen) atoms. The molecule has 1 aliphatic heterocycles. The van der Waals surface area contributed by atoms with Crippen LogP contribution in [0.2, 0.25) is 0 Å². The molecule has 4 aromatic heterocycles. The Bertz CT molecular complexity index is 1260. The monoisotopic (exact) mass is 445 g/mol. The second-order valence-electron chi connectivity index (χ2n) is 7.86. The van der Waals surface area contributed by atoms with E-state index in [0.29, 0.717) is 18.2 Å². The van der Waals surface area contributed by atoms with Gasteiger partial charge >= 0.3 is 0 Å². The molecule has 4 aromatic rings. The Balaban J connectivity index is 1.49. The second-order valence-corrected chi connectivity index (χ2v) is 8.92. The zero-order valence-electron chi connectivity index (χ0n) is 17.5. The third-order valence-electron chi connectivity index (χ3n) is 5.76. The third-order valence-corrected chi connectivity index (χ3v) is 6.74. The third kappa shape index (κ3) is 4.12. The number of likely N-dealkylation sites (tertiary alicyclic amines) is 1. The summed E-state index contributed by atoms with van der Waals surface area (Å²) in [6, 6.07) is 10.4. The van der Waals surface area contributed by atoms with E-state index >= 15 is 0 Å². The number of pyridine rings is 2. The van der Waals surface area contributed by atoms with Crippen molar-refractivity contribution in [2.24, 2.45) is 0 Å². The molecule has 162 valence electrons. The lowest BCUT2D eigenvalue weighted by Gasteiger charge is -2.32. The average molecular weight is 446 g/mol. The molecule has 0 spiro atoms. The predicted octanol–water partition coefficient (Wildman–Crippen LogP) is 3.24. The van der Waals surface area contributed by atoms with Gasteiger partial charge in [-0.25, -0.2) is 9.50 Å². The van der Waals surface area contributed by atoms with E-state index < -0.39 is 0 Å². The van der Waals surface area contributed by atoms with E-state index in [4.69, 9.17) is 0 Å². The molecule has 1 unspecified atom stereocenters. The van der Waals surface area contributed by atoms with Crippen molar-refractivity contribution in [3.8, 4) is 17.2 Å². The van der Waals surface area contributed by atoms with Crippen LogP contribution in [0.1, 0.15) is 24.4 Å². The van der Waals surface area contributed by atoms with Crippen LogP contribution in [0.5, 0.6) is 0 Å². The molecular weight excluding hydrogens is 422 g/mol. The Hall–Kier alpha value is -3.19. The summed E-state index contributed by atoms with van der Waals surface area (Å²) in [5.41, 5.74) is 3.31. The minimum Gasteiger partial charge on any atom is -0.395 e. The van der Waals surface area contributed by atoms with Crippen LogP contribution < -0.4 is 0 Å². The number of nitrogens with zero attached hydrogens (tertiary/aromatic N) is 7. The molecule has 0 aromatic carbocycles. The van der Waals surface area contributed by atoms with E-state index in [1.165, 1.54) is 11.8 Å². The van der Waals surface area contributed by atoms with Crippen molar-refractivity contribution in [3.63, 3.8) is 0 Å². The molecule has 1 N–H and O–H groups in total. The van der Waals surface area contributed by atoms with Crippen LogP contribution in [0.3, 0.4) is 0 Å². The molecule has 0 aliphatic carbocycles. The highest BCUT2D eigenvalue weighted by atomic mass is 32.2. The van der Waals surface area contributed by atoms with Crippen molar-refractivity contribution >= 4 is 17.3 Å². The first-order valence-corrected chi connectivity index (χ1v) is 11.4. The van der Waals surface area contributed by atoms with Gasteiger partial charge < -0.3 is 5.11 Å². The molecule has 0 radical (unpaired) electrons. The fourth-order valence-corrected chi connectivity index (χ4v) is 5.17. The van der Waals surface area contributed by atoms with Crippen LogP contribution in [0, 0.1) is 11.3 Å². The summed E-state index contributed by atoms with van der Waals surface area (Å²) in [4.78, 5) is 7.64. The van der Waals surface area contributed by atoms with E-state index in [1.807, 2.05) is 35.3 Å². The van der Waals surface area contributed by atoms with Crippen LogP contribution in [-0.4, -0.2) is 60.6 Å². The molecular formula is C23H23N7OS. The van der Waals surface area contributed by atoms with Gasteiger partial charge in [0.1, 0.15) is 11.1 Å². The maximum atomic E-state index is 9.55. The molecule has 5 rings (SSSR count). The first-order valence-electron chi connectivity index (χ1n) is 10.6. The Kier molecular flexibility index (Phi) is 5.90. The number of hydrogen-bond acceptors (Lipinski definition) is 7. The summed E-state index contributed by atoms with van der Waals surface area (Å²) in [7, 11) is 0. The van der Waals surface area contributed by atoms with Crippen molar-refractivity contribution in [3.05, 3.63) is 60.8 Å². The summed E-state index contributed by atoms with van der Waals surface area (Å²) >= 11 is 1.52. The fourth-order valence-electron chi connectivity index (χ4n) is 4.20. The van der Waals surface area contributed by atoms with Crippen molar-refractivity contribution in [2.75, 3.05) is 26.2 Å². The van der Waals surface area contributed by atoms with Gasteiger partial charge in [-0.2, -0.15) is 15.5 Å². The predicted molar refractivity (Wildman–Crippen MR) is 121 cm³/mol. The number of β-amino-alcohol motifs (C(OH)–C–C–N with tert-alkyl or cyclic N) is 1. The SMILES string of the molecule is N#Cc1cnn2cc(-c3cnn(C4CCCN(CCO)C4)c3)cc(Sc3ccccn3)c12. The maximum Gasteiger partial charge on any atom is 0.103 e. The van der Waals surface area contributed by atoms with Gasteiger partial charge in [-0.15, -0.1) is 0 Å². The van der Waals surface area contributed by atoms with E-state index in [0.717, 1.165) is 52.5 Å². The zero-order chi connectivity index (χ0) is 21.9.